The van der Waals surface area contributed by atoms with Crippen LogP contribution in [0.25, 0.3) is 0 Å². The molecular formula is C12H19N3O2S. The van der Waals surface area contributed by atoms with Gasteiger partial charge in [-0.1, -0.05) is 19.3 Å². The molecule has 1 fully saturated rings. The molecule has 1 heterocycles. The van der Waals surface area contributed by atoms with Crippen LogP contribution < -0.4 is 4.72 Å². The smallest absolute Gasteiger partial charge is 0.214 e. The Labute approximate surface area is 108 Å². The van der Waals surface area contributed by atoms with Gasteiger partial charge in [0.25, 0.3) is 0 Å². The van der Waals surface area contributed by atoms with E-state index < -0.39 is 10.0 Å². The fourth-order valence-corrected chi connectivity index (χ4v) is 3.87. The lowest BCUT2D eigenvalue weighted by atomic mass is 10.0. The summed E-state index contributed by atoms with van der Waals surface area (Å²) in [5, 5.41) is -0.196. The molecule has 6 heteroatoms. The molecule has 1 aliphatic rings. The van der Waals surface area contributed by atoms with E-state index in [1.165, 1.54) is 6.33 Å². The van der Waals surface area contributed by atoms with E-state index >= 15 is 0 Å². The average Bonchev–Trinajstić information content (AvgIpc) is 2.41. The molecule has 2 rings (SSSR count). The van der Waals surface area contributed by atoms with Crippen LogP contribution in [0.3, 0.4) is 0 Å². The topological polar surface area (TPSA) is 72.0 Å². The quantitative estimate of drug-likeness (QED) is 0.873. The zero-order chi connectivity index (χ0) is 12.8. The second-order valence-electron chi connectivity index (χ2n) is 4.70. The molecule has 0 radical (unpaired) electrons. The summed E-state index contributed by atoms with van der Waals surface area (Å²) in [6.45, 7) is 0.423. The molecule has 100 valence electrons. The van der Waals surface area contributed by atoms with Crippen LogP contribution in [0.4, 0.5) is 0 Å². The van der Waals surface area contributed by atoms with Crippen molar-refractivity contribution in [3.8, 4) is 0 Å². The van der Waals surface area contributed by atoms with Crippen molar-refractivity contribution in [3.05, 3.63) is 24.3 Å². The Hall–Kier alpha value is -1.01. The van der Waals surface area contributed by atoms with Gasteiger partial charge in [-0.25, -0.2) is 23.1 Å². The third kappa shape index (κ3) is 3.74. The summed E-state index contributed by atoms with van der Waals surface area (Å²) in [6, 6.07) is 0. The Bertz CT molecular complexity index is 455. The van der Waals surface area contributed by atoms with Crippen LogP contribution in [-0.2, 0) is 16.4 Å². The summed E-state index contributed by atoms with van der Waals surface area (Å²) >= 11 is 0. The summed E-state index contributed by atoms with van der Waals surface area (Å²) in [6.07, 6.45) is 10.3. The van der Waals surface area contributed by atoms with E-state index in [0.717, 1.165) is 37.7 Å². The minimum atomic E-state index is -3.14. The predicted molar refractivity (Wildman–Crippen MR) is 69.5 cm³/mol. The molecule has 0 amide bonds. The SMILES string of the molecule is O=S(=O)(NCCc1cncnc1)C1CCCCC1. The minimum absolute atomic E-state index is 0.196. The lowest BCUT2D eigenvalue weighted by Crippen LogP contribution is -2.36. The van der Waals surface area contributed by atoms with Crippen molar-refractivity contribution in [3.63, 3.8) is 0 Å². The summed E-state index contributed by atoms with van der Waals surface area (Å²) in [4.78, 5) is 7.80. The molecule has 0 bridgehead atoms. The zero-order valence-electron chi connectivity index (χ0n) is 10.4. The predicted octanol–water partition coefficient (Wildman–Crippen LogP) is 1.27. The van der Waals surface area contributed by atoms with E-state index in [4.69, 9.17) is 0 Å². The van der Waals surface area contributed by atoms with E-state index in [1.54, 1.807) is 12.4 Å². The van der Waals surface area contributed by atoms with Crippen molar-refractivity contribution in [2.75, 3.05) is 6.54 Å². The number of aromatic nitrogens is 2. The highest BCUT2D eigenvalue weighted by Crippen LogP contribution is 2.22. The van der Waals surface area contributed by atoms with Gasteiger partial charge in [-0.05, 0) is 24.8 Å². The van der Waals surface area contributed by atoms with Crippen LogP contribution in [0.2, 0.25) is 0 Å². The lowest BCUT2D eigenvalue weighted by molar-refractivity contribution is 0.477. The number of hydrogen-bond acceptors (Lipinski definition) is 4. The van der Waals surface area contributed by atoms with Gasteiger partial charge in [0.15, 0.2) is 0 Å². The van der Waals surface area contributed by atoms with Gasteiger partial charge in [-0.3, -0.25) is 0 Å². The third-order valence-electron chi connectivity index (χ3n) is 3.32. The van der Waals surface area contributed by atoms with E-state index in [1.807, 2.05) is 0 Å². The largest absolute Gasteiger partial charge is 0.245 e. The number of hydrogen-bond donors (Lipinski definition) is 1. The maximum Gasteiger partial charge on any atom is 0.214 e. The van der Waals surface area contributed by atoms with Gasteiger partial charge >= 0.3 is 0 Å². The van der Waals surface area contributed by atoms with Gasteiger partial charge in [-0.15, -0.1) is 0 Å². The summed E-state index contributed by atoms with van der Waals surface area (Å²) in [7, 11) is -3.14. The van der Waals surface area contributed by atoms with Gasteiger partial charge in [0.05, 0.1) is 5.25 Å². The Kier molecular flexibility index (Phi) is 4.66. The Morgan fingerprint density at radius 1 is 1.17 bits per heavy atom. The summed E-state index contributed by atoms with van der Waals surface area (Å²) in [5.41, 5.74) is 0.948. The normalized spacial score (nSPS) is 17.8. The van der Waals surface area contributed by atoms with Crippen molar-refractivity contribution in [2.24, 2.45) is 0 Å². The first-order valence-electron chi connectivity index (χ1n) is 6.41. The zero-order valence-corrected chi connectivity index (χ0v) is 11.2. The molecule has 0 atom stereocenters. The first-order chi connectivity index (χ1) is 8.68. The highest BCUT2D eigenvalue weighted by molar-refractivity contribution is 7.90. The average molecular weight is 269 g/mol. The van der Waals surface area contributed by atoms with Crippen LogP contribution in [0.5, 0.6) is 0 Å². The van der Waals surface area contributed by atoms with Crippen molar-refractivity contribution in [1.82, 2.24) is 14.7 Å². The van der Waals surface area contributed by atoms with Crippen LogP contribution in [0.15, 0.2) is 18.7 Å². The molecule has 0 saturated heterocycles. The molecule has 18 heavy (non-hydrogen) atoms. The summed E-state index contributed by atoms with van der Waals surface area (Å²) in [5.74, 6) is 0. The molecule has 1 aromatic rings. The number of rotatable bonds is 5. The molecule has 0 aromatic carbocycles. The second-order valence-corrected chi connectivity index (χ2v) is 6.74. The second kappa shape index (κ2) is 6.24. The van der Waals surface area contributed by atoms with Crippen molar-refractivity contribution in [1.29, 1.82) is 0 Å². The highest BCUT2D eigenvalue weighted by atomic mass is 32.2. The first-order valence-corrected chi connectivity index (χ1v) is 7.95. The van der Waals surface area contributed by atoms with Crippen molar-refractivity contribution >= 4 is 10.0 Å². The molecule has 1 aliphatic carbocycles. The molecule has 0 unspecified atom stereocenters. The van der Waals surface area contributed by atoms with Crippen LogP contribution in [0.1, 0.15) is 37.7 Å². The maximum atomic E-state index is 12.0. The number of sulfonamides is 1. The standard InChI is InChI=1S/C12H19N3O2S/c16-18(17,12-4-2-1-3-5-12)15-7-6-11-8-13-10-14-9-11/h8-10,12,15H,1-7H2. The van der Waals surface area contributed by atoms with Gasteiger partial charge < -0.3 is 0 Å². The lowest BCUT2D eigenvalue weighted by Gasteiger charge is -2.21. The van der Waals surface area contributed by atoms with Crippen LogP contribution >= 0.6 is 0 Å². The molecule has 1 saturated carbocycles. The Morgan fingerprint density at radius 2 is 1.83 bits per heavy atom. The fourth-order valence-electron chi connectivity index (χ4n) is 2.29. The van der Waals surface area contributed by atoms with Gasteiger partial charge in [-0.2, -0.15) is 0 Å². The molecule has 0 spiro atoms. The molecule has 0 aliphatic heterocycles. The Morgan fingerprint density at radius 3 is 2.50 bits per heavy atom. The fraction of sp³-hybridized carbons (Fsp3) is 0.667. The Balaban J connectivity index is 1.82. The highest BCUT2D eigenvalue weighted by Gasteiger charge is 2.26. The van der Waals surface area contributed by atoms with Crippen LogP contribution in [-0.4, -0.2) is 30.2 Å². The van der Waals surface area contributed by atoms with Gasteiger partial charge in [0.2, 0.25) is 10.0 Å². The number of nitrogens with zero attached hydrogens (tertiary/aromatic N) is 2. The minimum Gasteiger partial charge on any atom is -0.245 e. The van der Waals surface area contributed by atoms with Gasteiger partial charge in [0.1, 0.15) is 6.33 Å². The molecule has 5 nitrogen and oxygen atoms in total. The van der Waals surface area contributed by atoms with E-state index in [0.29, 0.717) is 13.0 Å². The van der Waals surface area contributed by atoms with E-state index in [2.05, 4.69) is 14.7 Å². The van der Waals surface area contributed by atoms with Crippen molar-refractivity contribution < 1.29 is 8.42 Å². The van der Waals surface area contributed by atoms with Gasteiger partial charge in [0, 0.05) is 18.9 Å². The first kappa shape index (κ1) is 13.4. The van der Waals surface area contributed by atoms with E-state index in [9.17, 15) is 8.42 Å². The van der Waals surface area contributed by atoms with Crippen LogP contribution in [0, 0.1) is 0 Å². The van der Waals surface area contributed by atoms with Crippen molar-refractivity contribution in [2.45, 2.75) is 43.8 Å². The molecule has 1 N–H and O–H groups in total. The monoisotopic (exact) mass is 269 g/mol. The summed E-state index contributed by atoms with van der Waals surface area (Å²) < 4.78 is 26.8. The molecular weight excluding hydrogens is 250 g/mol. The van der Waals surface area contributed by atoms with E-state index in [-0.39, 0.29) is 5.25 Å². The number of nitrogens with one attached hydrogen (secondary N) is 1. The maximum absolute atomic E-state index is 12.0. The third-order valence-corrected chi connectivity index (χ3v) is 5.28. The molecule has 1 aromatic heterocycles.